The minimum atomic E-state index is 0.524. The summed E-state index contributed by atoms with van der Waals surface area (Å²) in [4.78, 5) is 9.37. The van der Waals surface area contributed by atoms with Gasteiger partial charge in [-0.3, -0.25) is 4.99 Å². The van der Waals surface area contributed by atoms with Crippen LogP contribution in [0.25, 0.3) is 11.1 Å². The molecule has 1 heterocycles. The Bertz CT molecular complexity index is 999. The highest BCUT2D eigenvalue weighted by Gasteiger charge is 2.23. The number of benzene rings is 2. The highest BCUT2D eigenvalue weighted by atomic mass is 14.9. The van der Waals surface area contributed by atoms with Crippen molar-refractivity contribution in [2.24, 2.45) is 15.9 Å². The smallest absolute Gasteiger partial charge is 0.154 e. The number of hydrogen-bond donors (Lipinski definition) is 0. The summed E-state index contributed by atoms with van der Waals surface area (Å²) in [5, 5.41) is 0. The number of nitrogens with zero attached hydrogens (tertiary/aromatic N) is 2. The van der Waals surface area contributed by atoms with Gasteiger partial charge in [-0.1, -0.05) is 75.4 Å². The standard InChI is InChI=1S/C28H32N2/c1-4-22-18-21(19-30-28-26(6-5-17-29-28)9-7-20(2)3)8-16-27(22)25-14-12-24(13-15-25)23-10-11-23/h6-9,12-16,18-20,23H,4-5,10-11,17H2,1-3H3/b9-7-,30-19?. The zero-order valence-corrected chi connectivity index (χ0v) is 18.4. The summed E-state index contributed by atoms with van der Waals surface area (Å²) in [5.74, 6) is 2.17. The molecule has 1 saturated carbocycles. The second-order valence-electron chi connectivity index (χ2n) is 8.68. The van der Waals surface area contributed by atoms with Crippen LogP contribution >= 0.6 is 0 Å². The third kappa shape index (κ3) is 5.05. The van der Waals surface area contributed by atoms with E-state index in [-0.39, 0.29) is 0 Å². The number of rotatable bonds is 6. The van der Waals surface area contributed by atoms with Crippen LogP contribution in [0.4, 0.5) is 0 Å². The highest BCUT2D eigenvalue weighted by Crippen LogP contribution is 2.40. The van der Waals surface area contributed by atoms with Crippen LogP contribution in [0, 0.1) is 5.92 Å². The monoisotopic (exact) mass is 396 g/mol. The van der Waals surface area contributed by atoms with Crippen molar-refractivity contribution in [2.45, 2.75) is 52.4 Å². The summed E-state index contributed by atoms with van der Waals surface area (Å²) < 4.78 is 0. The first kappa shape index (κ1) is 20.5. The van der Waals surface area contributed by atoms with Crippen LogP contribution in [0.3, 0.4) is 0 Å². The van der Waals surface area contributed by atoms with Crippen LogP contribution in [-0.2, 0) is 6.42 Å². The molecule has 2 aromatic rings. The summed E-state index contributed by atoms with van der Waals surface area (Å²) >= 11 is 0. The number of allylic oxidation sites excluding steroid dienone is 1. The molecule has 0 saturated heterocycles. The molecule has 0 unspecified atom stereocenters. The lowest BCUT2D eigenvalue weighted by Gasteiger charge is -2.11. The second kappa shape index (κ2) is 9.38. The van der Waals surface area contributed by atoms with Gasteiger partial charge in [-0.2, -0.15) is 0 Å². The van der Waals surface area contributed by atoms with Crippen molar-refractivity contribution in [1.29, 1.82) is 0 Å². The topological polar surface area (TPSA) is 24.7 Å². The largest absolute Gasteiger partial charge is 0.266 e. The zero-order chi connectivity index (χ0) is 20.9. The van der Waals surface area contributed by atoms with Gasteiger partial charge >= 0.3 is 0 Å². The minimum absolute atomic E-state index is 0.524. The minimum Gasteiger partial charge on any atom is -0.266 e. The van der Waals surface area contributed by atoms with Gasteiger partial charge in [0, 0.05) is 18.3 Å². The summed E-state index contributed by atoms with van der Waals surface area (Å²) in [6, 6.07) is 15.9. The van der Waals surface area contributed by atoms with E-state index in [9.17, 15) is 0 Å². The van der Waals surface area contributed by atoms with Gasteiger partial charge < -0.3 is 0 Å². The van der Waals surface area contributed by atoms with Gasteiger partial charge in [-0.05, 0) is 71.4 Å². The molecule has 30 heavy (non-hydrogen) atoms. The number of amidine groups is 1. The Labute approximate surface area is 181 Å². The van der Waals surface area contributed by atoms with Gasteiger partial charge in [0.15, 0.2) is 5.84 Å². The molecule has 0 bridgehead atoms. The molecule has 0 aromatic heterocycles. The van der Waals surface area contributed by atoms with E-state index in [0.29, 0.717) is 5.92 Å². The van der Waals surface area contributed by atoms with E-state index in [1.54, 1.807) is 0 Å². The van der Waals surface area contributed by atoms with Crippen LogP contribution in [0.2, 0.25) is 0 Å². The maximum Gasteiger partial charge on any atom is 0.154 e. The number of dihydropyridines is 1. The van der Waals surface area contributed by atoms with Crippen molar-refractivity contribution < 1.29 is 0 Å². The van der Waals surface area contributed by atoms with Gasteiger partial charge in [0.1, 0.15) is 0 Å². The predicted molar refractivity (Wildman–Crippen MR) is 130 cm³/mol. The van der Waals surface area contributed by atoms with Gasteiger partial charge in [-0.25, -0.2) is 4.99 Å². The summed E-state index contributed by atoms with van der Waals surface area (Å²) in [6.45, 7) is 7.42. The Balaban J connectivity index is 1.53. The molecule has 1 fully saturated rings. The highest BCUT2D eigenvalue weighted by molar-refractivity contribution is 6.07. The maximum atomic E-state index is 4.73. The quantitative estimate of drug-likeness (QED) is 0.463. The molecule has 0 radical (unpaired) electrons. The van der Waals surface area contributed by atoms with Gasteiger partial charge in [0.2, 0.25) is 0 Å². The van der Waals surface area contributed by atoms with E-state index in [2.05, 4.69) is 86.5 Å². The molecule has 154 valence electrons. The number of aliphatic imine (C=N–C) groups is 2. The van der Waals surface area contributed by atoms with E-state index in [1.165, 1.54) is 35.1 Å². The van der Waals surface area contributed by atoms with Crippen LogP contribution in [-0.4, -0.2) is 18.6 Å². The van der Waals surface area contributed by atoms with Crippen molar-refractivity contribution in [3.05, 3.63) is 83.0 Å². The Morgan fingerprint density at radius 2 is 1.90 bits per heavy atom. The number of hydrogen-bond acceptors (Lipinski definition) is 2. The van der Waals surface area contributed by atoms with E-state index >= 15 is 0 Å². The van der Waals surface area contributed by atoms with Gasteiger partial charge in [0.25, 0.3) is 0 Å². The molecule has 0 N–H and O–H groups in total. The van der Waals surface area contributed by atoms with Crippen molar-refractivity contribution >= 4 is 12.1 Å². The predicted octanol–water partition coefficient (Wildman–Crippen LogP) is 7.15. The number of aryl methyl sites for hydroxylation is 1. The van der Waals surface area contributed by atoms with E-state index in [1.807, 2.05) is 6.21 Å². The Hall–Kier alpha value is -2.74. The van der Waals surface area contributed by atoms with Crippen LogP contribution < -0.4 is 0 Å². The van der Waals surface area contributed by atoms with E-state index in [4.69, 9.17) is 4.99 Å². The van der Waals surface area contributed by atoms with Gasteiger partial charge in [0.05, 0.1) is 0 Å². The van der Waals surface area contributed by atoms with Crippen molar-refractivity contribution in [1.82, 2.24) is 0 Å². The zero-order valence-electron chi connectivity index (χ0n) is 18.4. The third-order valence-electron chi connectivity index (χ3n) is 5.79. The third-order valence-corrected chi connectivity index (χ3v) is 5.79. The second-order valence-corrected chi connectivity index (χ2v) is 8.68. The average molecular weight is 397 g/mol. The van der Waals surface area contributed by atoms with Crippen molar-refractivity contribution in [3.8, 4) is 11.1 Å². The molecule has 0 spiro atoms. The first-order chi connectivity index (χ1) is 14.6. The molecule has 2 nitrogen and oxygen atoms in total. The van der Waals surface area contributed by atoms with Crippen LogP contribution in [0.15, 0.2) is 76.3 Å². The molecule has 0 amide bonds. The fourth-order valence-corrected chi connectivity index (χ4v) is 3.88. The Morgan fingerprint density at radius 1 is 1.10 bits per heavy atom. The molecular formula is C28H32N2. The van der Waals surface area contributed by atoms with Crippen molar-refractivity contribution in [3.63, 3.8) is 0 Å². The fraction of sp³-hybridized carbons (Fsp3) is 0.357. The fourth-order valence-electron chi connectivity index (χ4n) is 3.88. The van der Waals surface area contributed by atoms with E-state index < -0.39 is 0 Å². The molecule has 1 aliphatic heterocycles. The summed E-state index contributed by atoms with van der Waals surface area (Å²) in [6.07, 6.45) is 13.3. The molecule has 4 rings (SSSR count). The first-order valence-corrected chi connectivity index (χ1v) is 11.3. The van der Waals surface area contributed by atoms with Crippen molar-refractivity contribution in [2.75, 3.05) is 6.54 Å². The molecule has 1 aliphatic carbocycles. The average Bonchev–Trinajstić information content (AvgIpc) is 3.62. The SMILES string of the molecule is CCc1cc(C=NC2=NCCC=C2/C=C\C(C)C)ccc1-c1ccc(C2CC2)cc1. The van der Waals surface area contributed by atoms with Crippen LogP contribution in [0.1, 0.15) is 62.6 Å². The maximum absolute atomic E-state index is 4.73. The molecular weight excluding hydrogens is 364 g/mol. The van der Waals surface area contributed by atoms with Crippen LogP contribution in [0.5, 0.6) is 0 Å². The lowest BCUT2D eigenvalue weighted by molar-refractivity contribution is 0.831. The lowest BCUT2D eigenvalue weighted by Crippen LogP contribution is -2.05. The summed E-state index contributed by atoms with van der Waals surface area (Å²) in [7, 11) is 0. The molecule has 2 aromatic carbocycles. The summed E-state index contributed by atoms with van der Waals surface area (Å²) in [5.41, 5.74) is 7.75. The normalized spacial score (nSPS) is 17.1. The first-order valence-electron chi connectivity index (χ1n) is 11.3. The Morgan fingerprint density at radius 3 is 2.60 bits per heavy atom. The van der Waals surface area contributed by atoms with E-state index in [0.717, 1.165) is 42.3 Å². The Kier molecular flexibility index (Phi) is 6.42. The molecule has 0 atom stereocenters. The van der Waals surface area contributed by atoms with Gasteiger partial charge in [-0.15, -0.1) is 0 Å². The molecule has 2 aliphatic rings. The lowest BCUT2D eigenvalue weighted by atomic mass is 9.95. The molecule has 2 heteroatoms.